The number of aryl methyl sites for hydroxylation is 1. The highest BCUT2D eigenvalue weighted by atomic mass is 19.1. The average molecular weight is 253 g/mol. The lowest BCUT2D eigenvalue weighted by Gasteiger charge is -2.15. The van der Waals surface area contributed by atoms with E-state index in [1.807, 2.05) is 11.9 Å². The number of nitrogens with one attached hydrogen (secondary N) is 1. The number of carbonyl (C=O) groups is 1. The summed E-state index contributed by atoms with van der Waals surface area (Å²) in [5.74, 6) is -0.470. The molecule has 1 amide bonds. The van der Waals surface area contributed by atoms with E-state index in [-0.39, 0.29) is 18.3 Å². The number of hydrogen-bond donors (Lipinski definition) is 2. The van der Waals surface area contributed by atoms with E-state index < -0.39 is 0 Å². The first-order valence-electron chi connectivity index (χ1n) is 5.97. The predicted molar refractivity (Wildman–Crippen MR) is 70.9 cm³/mol. The van der Waals surface area contributed by atoms with Gasteiger partial charge in [-0.05, 0) is 51.2 Å². The zero-order chi connectivity index (χ0) is 13.5. The highest BCUT2D eigenvalue weighted by Gasteiger charge is 2.07. The molecule has 0 aliphatic rings. The summed E-state index contributed by atoms with van der Waals surface area (Å²) in [6.45, 7) is 3.33. The van der Waals surface area contributed by atoms with Crippen LogP contribution in [0.4, 0.5) is 10.1 Å². The summed E-state index contributed by atoms with van der Waals surface area (Å²) < 4.78 is 13.3. The fourth-order valence-electron chi connectivity index (χ4n) is 1.56. The van der Waals surface area contributed by atoms with Crippen LogP contribution < -0.4 is 11.1 Å². The second-order valence-electron chi connectivity index (χ2n) is 4.39. The fraction of sp³-hybridized carbons (Fsp3) is 0.462. The Balaban J connectivity index is 2.46. The van der Waals surface area contributed by atoms with Gasteiger partial charge in [0.05, 0.1) is 6.54 Å². The maximum absolute atomic E-state index is 13.3. The Morgan fingerprint density at radius 2 is 2.22 bits per heavy atom. The Morgan fingerprint density at radius 3 is 2.83 bits per heavy atom. The maximum atomic E-state index is 13.3. The maximum Gasteiger partial charge on any atom is 0.238 e. The van der Waals surface area contributed by atoms with Crippen molar-refractivity contribution >= 4 is 11.6 Å². The monoisotopic (exact) mass is 253 g/mol. The molecule has 1 aromatic carbocycles. The van der Waals surface area contributed by atoms with Crippen molar-refractivity contribution in [1.82, 2.24) is 4.90 Å². The first-order chi connectivity index (χ1) is 8.52. The molecule has 0 spiro atoms. The zero-order valence-electron chi connectivity index (χ0n) is 10.9. The first kappa shape index (κ1) is 14.6. The topological polar surface area (TPSA) is 58.4 Å². The van der Waals surface area contributed by atoms with Gasteiger partial charge in [-0.3, -0.25) is 9.69 Å². The number of carbonyl (C=O) groups excluding carboxylic acids is 1. The van der Waals surface area contributed by atoms with Crippen LogP contribution in [0.5, 0.6) is 0 Å². The van der Waals surface area contributed by atoms with Crippen LogP contribution in [0, 0.1) is 12.7 Å². The van der Waals surface area contributed by atoms with Crippen LogP contribution in [0.2, 0.25) is 0 Å². The van der Waals surface area contributed by atoms with Crippen LogP contribution in [-0.2, 0) is 4.79 Å². The molecule has 100 valence electrons. The zero-order valence-corrected chi connectivity index (χ0v) is 10.9. The van der Waals surface area contributed by atoms with Gasteiger partial charge in [0.1, 0.15) is 5.82 Å². The minimum atomic E-state index is -0.315. The molecule has 0 fully saturated rings. The van der Waals surface area contributed by atoms with Gasteiger partial charge in [-0.2, -0.15) is 0 Å². The van der Waals surface area contributed by atoms with Crippen molar-refractivity contribution < 1.29 is 9.18 Å². The Labute approximate surface area is 107 Å². The summed E-state index contributed by atoms with van der Waals surface area (Å²) in [7, 11) is 1.85. The molecule has 0 unspecified atom stereocenters. The second-order valence-corrected chi connectivity index (χ2v) is 4.39. The minimum absolute atomic E-state index is 0.155. The lowest BCUT2D eigenvalue weighted by atomic mass is 10.2. The van der Waals surface area contributed by atoms with Crippen molar-refractivity contribution in [2.24, 2.45) is 5.73 Å². The Bertz CT molecular complexity index is 409. The van der Waals surface area contributed by atoms with E-state index in [1.165, 1.54) is 6.07 Å². The van der Waals surface area contributed by atoms with Crippen molar-refractivity contribution in [3.8, 4) is 0 Å². The van der Waals surface area contributed by atoms with Crippen LogP contribution in [0.1, 0.15) is 12.0 Å². The minimum Gasteiger partial charge on any atom is -0.330 e. The molecule has 18 heavy (non-hydrogen) atoms. The fourth-order valence-corrected chi connectivity index (χ4v) is 1.56. The Hall–Kier alpha value is -1.46. The molecule has 0 heterocycles. The molecule has 1 aromatic rings. The first-order valence-corrected chi connectivity index (χ1v) is 5.97. The number of hydrogen-bond acceptors (Lipinski definition) is 3. The standard InChI is InChI=1S/C13H20FN3O/c1-10-4-5-11(8-12(10)14)16-13(18)9-17(2)7-3-6-15/h4-5,8H,3,6-7,9,15H2,1-2H3,(H,16,18). The summed E-state index contributed by atoms with van der Waals surface area (Å²) in [5.41, 5.74) is 6.44. The molecule has 0 bridgehead atoms. The van der Waals surface area contributed by atoms with Crippen molar-refractivity contribution in [2.45, 2.75) is 13.3 Å². The molecular weight excluding hydrogens is 233 g/mol. The highest BCUT2D eigenvalue weighted by Crippen LogP contribution is 2.13. The van der Waals surface area contributed by atoms with Crippen molar-refractivity contribution in [1.29, 1.82) is 0 Å². The summed E-state index contributed by atoms with van der Waals surface area (Å²) in [5, 5.41) is 2.67. The van der Waals surface area contributed by atoms with E-state index in [0.29, 0.717) is 17.8 Å². The molecule has 0 radical (unpaired) electrons. The summed E-state index contributed by atoms with van der Waals surface area (Å²) in [4.78, 5) is 13.6. The molecule has 0 aromatic heterocycles. The molecule has 0 saturated carbocycles. The van der Waals surface area contributed by atoms with Crippen LogP contribution >= 0.6 is 0 Å². The summed E-state index contributed by atoms with van der Waals surface area (Å²) in [6, 6.07) is 4.66. The van der Waals surface area contributed by atoms with E-state index in [9.17, 15) is 9.18 Å². The van der Waals surface area contributed by atoms with Crippen LogP contribution in [0.3, 0.4) is 0 Å². The third-order valence-corrected chi connectivity index (χ3v) is 2.61. The molecule has 0 saturated heterocycles. The number of halogens is 1. The molecule has 1 rings (SSSR count). The number of rotatable bonds is 6. The number of nitrogens with two attached hydrogens (primary N) is 1. The van der Waals surface area contributed by atoms with Gasteiger partial charge in [0.25, 0.3) is 0 Å². The van der Waals surface area contributed by atoms with Gasteiger partial charge in [0.15, 0.2) is 0 Å². The lowest BCUT2D eigenvalue weighted by molar-refractivity contribution is -0.117. The summed E-state index contributed by atoms with van der Waals surface area (Å²) >= 11 is 0. The van der Waals surface area contributed by atoms with Gasteiger partial charge in [-0.15, -0.1) is 0 Å². The van der Waals surface area contributed by atoms with E-state index in [1.54, 1.807) is 19.1 Å². The third kappa shape index (κ3) is 4.81. The van der Waals surface area contributed by atoms with Gasteiger partial charge >= 0.3 is 0 Å². The van der Waals surface area contributed by atoms with E-state index in [4.69, 9.17) is 5.73 Å². The number of likely N-dealkylation sites (N-methyl/N-ethyl adjacent to an activating group) is 1. The second kappa shape index (κ2) is 7.08. The normalized spacial score (nSPS) is 10.7. The van der Waals surface area contributed by atoms with Gasteiger partial charge in [0.2, 0.25) is 5.91 Å². The number of anilines is 1. The Morgan fingerprint density at radius 1 is 1.50 bits per heavy atom. The van der Waals surface area contributed by atoms with Crippen molar-refractivity contribution in [2.75, 3.05) is 32.0 Å². The Kier molecular flexibility index (Phi) is 5.74. The third-order valence-electron chi connectivity index (χ3n) is 2.61. The largest absolute Gasteiger partial charge is 0.330 e. The number of nitrogens with zero attached hydrogens (tertiary/aromatic N) is 1. The van der Waals surface area contributed by atoms with Gasteiger partial charge in [0, 0.05) is 5.69 Å². The average Bonchev–Trinajstić information content (AvgIpc) is 2.31. The quantitative estimate of drug-likeness (QED) is 0.804. The van der Waals surface area contributed by atoms with Gasteiger partial charge in [-0.1, -0.05) is 6.07 Å². The van der Waals surface area contributed by atoms with Gasteiger partial charge < -0.3 is 11.1 Å². The molecule has 5 heteroatoms. The van der Waals surface area contributed by atoms with Gasteiger partial charge in [-0.25, -0.2) is 4.39 Å². The van der Waals surface area contributed by atoms with Crippen molar-refractivity contribution in [3.05, 3.63) is 29.6 Å². The SMILES string of the molecule is Cc1ccc(NC(=O)CN(C)CCCN)cc1F. The molecular formula is C13H20FN3O. The number of benzene rings is 1. The van der Waals surface area contributed by atoms with Crippen LogP contribution in [0.15, 0.2) is 18.2 Å². The lowest BCUT2D eigenvalue weighted by Crippen LogP contribution is -2.31. The molecule has 3 N–H and O–H groups in total. The molecule has 0 aliphatic carbocycles. The number of amides is 1. The van der Waals surface area contributed by atoms with E-state index in [2.05, 4.69) is 5.32 Å². The summed E-state index contributed by atoms with van der Waals surface area (Å²) in [6.07, 6.45) is 0.850. The smallest absolute Gasteiger partial charge is 0.238 e. The highest BCUT2D eigenvalue weighted by molar-refractivity contribution is 5.92. The predicted octanol–water partition coefficient (Wildman–Crippen LogP) is 1.35. The van der Waals surface area contributed by atoms with E-state index >= 15 is 0 Å². The molecule has 0 atom stereocenters. The van der Waals surface area contributed by atoms with Crippen LogP contribution in [0.25, 0.3) is 0 Å². The molecule has 0 aliphatic heterocycles. The van der Waals surface area contributed by atoms with Crippen molar-refractivity contribution in [3.63, 3.8) is 0 Å². The van der Waals surface area contributed by atoms with Crippen LogP contribution in [-0.4, -0.2) is 37.5 Å². The van der Waals surface area contributed by atoms with E-state index in [0.717, 1.165) is 13.0 Å². The molecule has 4 nitrogen and oxygen atoms in total.